The van der Waals surface area contributed by atoms with Gasteiger partial charge in [0.15, 0.2) is 0 Å². The Kier molecular flexibility index (Phi) is 3.63. The van der Waals surface area contributed by atoms with Gasteiger partial charge in [0, 0.05) is 0 Å². The molecule has 0 aliphatic heterocycles. The maximum atomic E-state index is 12.2. The van der Waals surface area contributed by atoms with Crippen molar-refractivity contribution in [3.8, 4) is 11.8 Å². The van der Waals surface area contributed by atoms with Crippen LogP contribution >= 0.6 is 0 Å². The van der Waals surface area contributed by atoms with E-state index in [9.17, 15) is 13.5 Å². The van der Waals surface area contributed by atoms with E-state index in [1.165, 1.54) is 42.5 Å². The minimum Gasteiger partial charge on any atom is -0.508 e. The third-order valence-corrected chi connectivity index (χ3v) is 4.09. The van der Waals surface area contributed by atoms with Crippen molar-refractivity contribution in [2.24, 2.45) is 0 Å². The van der Waals surface area contributed by atoms with E-state index in [1.807, 2.05) is 6.07 Å². The van der Waals surface area contributed by atoms with E-state index < -0.39 is 10.0 Å². The van der Waals surface area contributed by atoms with Gasteiger partial charge in [-0.2, -0.15) is 5.26 Å². The number of nitriles is 1. The molecule has 0 amide bonds. The van der Waals surface area contributed by atoms with Crippen LogP contribution in [0.1, 0.15) is 11.1 Å². The van der Waals surface area contributed by atoms with Crippen LogP contribution in [0, 0.1) is 18.3 Å². The first-order chi connectivity index (χ1) is 9.42. The van der Waals surface area contributed by atoms with Gasteiger partial charge in [0.25, 0.3) is 10.0 Å². The Labute approximate surface area is 117 Å². The number of hydrogen-bond donors (Lipinski definition) is 2. The Bertz CT molecular complexity index is 792. The normalized spacial score (nSPS) is 10.8. The molecule has 0 atom stereocenters. The van der Waals surface area contributed by atoms with Crippen molar-refractivity contribution in [1.82, 2.24) is 0 Å². The SMILES string of the molecule is Cc1cc(O)ccc1NS(=O)(=O)c1cccc(C#N)c1. The molecular formula is C14H12N2O3S. The highest BCUT2D eigenvalue weighted by molar-refractivity contribution is 7.92. The molecule has 5 nitrogen and oxygen atoms in total. The van der Waals surface area contributed by atoms with Gasteiger partial charge in [-0.25, -0.2) is 8.42 Å². The van der Waals surface area contributed by atoms with Crippen LogP contribution in [0.2, 0.25) is 0 Å². The molecule has 20 heavy (non-hydrogen) atoms. The summed E-state index contributed by atoms with van der Waals surface area (Å²) in [4.78, 5) is 0.0176. The van der Waals surface area contributed by atoms with Crippen molar-refractivity contribution in [1.29, 1.82) is 5.26 Å². The molecule has 2 aromatic carbocycles. The summed E-state index contributed by atoms with van der Waals surface area (Å²) < 4.78 is 26.9. The van der Waals surface area contributed by atoms with Crippen molar-refractivity contribution < 1.29 is 13.5 Å². The number of phenols is 1. The molecule has 0 unspecified atom stereocenters. The lowest BCUT2D eigenvalue weighted by molar-refractivity contribution is 0.475. The lowest BCUT2D eigenvalue weighted by Gasteiger charge is -2.11. The Hall–Kier alpha value is -2.52. The van der Waals surface area contributed by atoms with Crippen LogP contribution in [0.3, 0.4) is 0 Å². The number of anilines is 1. The topological polar surface area (TPSA) is 90.2 Å². The van der Waals surface area contributed by atoms with Gasteiger partial charge in [0.05, 0.1) is 22.2 Å². The predicted octanol–water partition coefficient (Wildman–Crippen LogP) is 2.37. The van der Waals surface area contributed by atoms with Crippen LogP contribution in [-0.4, -0.2) is 13.5 Å². The summed E-state index contributed by atoms with van der Waals surface area (Å²) in [7, 11) is -3.76. The number of aromatic hydroxyl groups is 1. The first-order valence-corrected chi connectivity index (χ1v) is 7.23. The molecule has 0 aliphatic carbocycles. The van der Waals surface area contributed by atoms with E-state index in [1.54, 1.807) is 6.92 Å². The van der Waals surface area contributed by atoms with E-state index in [0.29, 0.717) is 11.3 Å². The summed E-state index contributed by atoms with van der Waals surface area (Å²) >= 11 is 0. The number of rotatable bonds is 3. The van der Waals surface area contributed by atoms with Gasteiger partial charge in [-0.15, -0.1) is 0 Å². The van der Waals surface area contributed by atoms with Gasteiger partial charge in [0.1, 0.15) is 5.75 Å². The second-order valence-corrected chi connectivity index (χ2v) is 5.93. The third kappa shape index (κ3) is 2.90. The van der Waals surface area contributed by atoms with E-state index in [4.69, 9.17) is 5.26 Å². The molecule has 6 heteroatoms. The lowest BCUT2D eigenvalue weighted by atomic mass is 10.2. The lowest BCUT2D eigenvalue weighted by Crippen LogP contribution is -2.13. The summed E-state index contributed by atoms with van der Waals surface area (Å²) in [5.74, 6) is 0.0666. The van der Waals surface area contributed by atoms with Gasteiger partial charge >= 0.3 is 0 Å². The number of nitrogens with one attached hydrogen (secondary N) is 1. The van der Waals surface area contributed by atoms with Crippen LogP contribution in [-0.2, 0) is 10.0 Å². The zero-order chi connectivity index (χ0) is 14.8. The molecule has 0 radical (unpaired) electrons. The van der Waals surface area contributed by atoms with Crippen LogP contribution in [0.5, 0.6) is 5.75 Å². The van der Waals surface area contributed by atoms with Crippen molar-refractivity contribution in [2.45, 2.75) is 11.8 Å². The molecule has 0 aromatic heterocycles. The molecule has 0 saturated carbocycles. The molecule has 0 bridgehead atoms. The summed E-state index contributed by atoms with van der Waals surface area (Å²) in [6.07, 6.45) is 0. The monoisotopic (exact) mass is 288 g/mol. The smallest absolute Gasteiger partial charge is 0.261 e. The minimum absolute atomic E-state index is 0.0176. The van der Waals surface area contributed by atoms with E-state index >= 15 is 0 Å². The zero-order valence-electron chi connectivity index (χ0n) is 10.7. The first kappa shape index (κ1) is 13.9. The average Bonchev–Trinajstić information content (AvgIpc) is 2.42. The first-order valence-electron chi connectivity index (χ1n) is 5.75. The van der Waals surface area contributed by atoms with Crippen LogP contribution in [0.15, 0.2) is 47.4 Å². The number of sulfonamides is 1. The van der Waals surface area contributed by atoms with Crippen LogP contribution in [0.25, 0.3) is 0 Å². The second kappa shape index (κ2) is 5.23. The fourth-order valence-electron chi connectivity index (χ4n) is 1.70. The van der Waals surface area contributed by atoms with Gasteiger partial charge in [-0.1, -0.05) is 6.07 Å². The van der Waals surface area contributed by atoms with Gasteiger partial charge in [0.2, 0.25) is 0 Å². The van der Waals surface area contributed by atoms with E-state index in [2.05, 4.69) is 4.72 Å². The Morgan fingerprint density at radius 1 is 1.20 bits per heavy atom. The maximum Gasteiger partial charge on any atom is 0.261 e. The van der Waals surface area contributed by atoms with Crippen LogP contribution in [0.4, 0.5) is 5.69 Å². The van der Waals surface area contributed by atoms with Gasteiger partial charge in [-0.3, -0.25) is 4.72 Å². The number of nitrogens with zero attached hydrogens (tertiary/aromatic N) is 1. The fourth-order valence-corrected chi connectivity index (χ4v) is 2.88. The van der Waals surface area contributed by atoms with Crippen LogP contribution < -0.4 is 4.72 Å². The average molecular weight is 288 g/mol. The molecule has 0 heterocycles. The number of benzene rings is 2. The largest absolute Gasteiger partial charge is 0.508 e. The number of phenolic OH excluding ortho intramolecular Hbond substituents is 1. The van der Waals surface area contributed by atoms with Crippen molar-refractivity contribution in [3.05, 3.63) is 53.6 Å². The molecule has 2 aromatic rings. The van der Waals surface area contributed by atoms with E-state index in [0.717, 1.165) is 0 Å². The standard InChI is InChI=1S/C14H12N2O3S/c1-10-7-12(17)5-6-14(10)16-20(18,19)13-4-2-3-11(8-13)9-15/h2-8,16-17H,1H3. The number of hydrogen-bond acceptors (Lipinski definition) is 4. The quantitative estimate of drug-likeness (QED) is 0.848. The Morgan fingerprint density at radius 2 is 1.95 bits per heavy atom. The highest BCUT2D eigenvalue weighted by Crippen LogP contribution is 2.23. The molecule has 2 rings (SSSR count). The number of aryl methyl sites for hydroxylation is 1. The van der Waals surface area contributed by atoms with Crippen molar-refractivity contribution >= 4 is 15.7 Å². The van der Waals surface area contributed by atoms with Crippen molar-refractivity contribution in [3.63, 3.8) is 0 Å². The Balaban J connectivity index is 2.38. The second-order valence-electron chi connectivity index (χ2n) is 4.24. The summed E-state index contributed by atoms with van der Waals surface area (Å²) in [6, 6.07) is 12.0. The summed E-state index contributed by atoms with van der Waals surface area (Å²) in [5.41, 5.74) is 1.26. The van der Waals surface area contributed by atoms with E-state index in [-0.39, 0.29) is 16.2 Å². The molecule has 0 spiro atoms. The molecule has 2 N–H and O–H groups in total. The molecule has 0 aliphatic rings. The molecule has 0 fully saturated rings. The summed E-state index contributed by atoms with van der Waals surface area (Å²) in [5, 5.41) is 18.1. The van der Waals surface area contributed by atoms with Crippen molar-refractivity contribution in [2.75, 3.05) is 4.72 Å². The highest BCUT2D eigenvalue weighted by Gasteiger charge is 2.15. The Morgan fingerprint density at radius 3 is 2.60 bits per heavy atom. The molecule has 102 valence electrons. The maximum absolute atomic E-state index is 12.2. The molecular weight excluding hydrogens is 276 g/mol. The summed E-state index contributed by atoms with van der Waals surface area (Å²) in [6.45, 7) is 1.68. The fraction of sp³-hybridized carbons (Fsp3) is 0.0714. The highest BCUT2D eigenvalue weighted by atomic mass is 32.2. The predicted molar refractivity (Wildman–Crippen MR) is 74.8 cm³/mol. The zero-order valence-corrected chi connectivity index (χ0v) is 11.5. The molecule has 0 saturated heterocycles. The van der Waals surface area contributed by atoms with Gasteiger partial charge in [-0.05, 0) is 48.9 Å². The third-order valence-electron chi connectivity index (χ3n) is 2.73. The van der Waals surface area contributed by atoms with Gasteiger partial charge < -0.3 is 5.11 Å². The minimum atomic E-state index is -3.76.